The summed E-state index contributed by atoms with van der Waals surface area (Å²) in [5.41, 5.74) is 7.14. The number of ether oxygens (including phenoxy) is 2. The third-order valence-corrected chi connectivity index (χ3v) is 9.33. The van der Waals surface area contributed by atoms with Crippen LogP contribution in [0.2, 0.25) is 0 Å². The zero-order valence-corrected chi connectivity index (χ0v) is 25.0. The SMILES string of the molecule is COC1CCC(N2CCN(c3ccc(C[C@H](NC(=O)OCc4cccc5c4Cc4ccccc4-5)C(=O)O)cc3)C(=O)C2)CC1. The minimum Gasteiger partial charge on any atom is -0.480 e. The van der Waals surface area contributed by atoms with Gasteiger partial charge in [0.1, 0.15) is 12.6 Å². The van der Waals surface area contributed by atoms with E-state index < -0.39 is 18.1 Å². The van der Waals surface area contributed by atoms with E-state index in [4.69, 9.17) is 9.47 Å². The van der Waals surface area contributed by atoms with E-state index >= 15 is 0 Å². The zero-order chi connectivity index (χ0) is 30.6. The van der Waals surface area contributed by atoms with Gasteiger partial charge in [-0.25, -0.2) is 9.59 Å². The molecular formula is C35H39N3O6. The maximum atomic E-state index is 13.0. The fraction of sp³-hybridized carbons (Fsp3) is 0.400. The fourth-order valence-corrected chi connectivity index (χ4v) is 6.86. The van der Waals surface area contributed by atoms with Gasteiger partial charge in [0.15, 0.2) is 0 Å². The van der Waals surface area contributed by atoms with Crippen LogP contribution < -0.4 is 10.2 Å². The van der Waals surface area contributed by atoms with Crippen molar-refractivity contribution in [3.05, 3.63) is 89.0 Å². The lowest BCUT2D eigenvalue weighted by Crippen LogP contribution is -2.54. The number of aliphatic carboxylic acids is 1. The molecule has 44 heavy (non-hydrogen) atoms. The van der Waals surface area contributed by atoms with Crippen LogP contribution in [0.3, 0.4) is 0 Å². The lowest BCUT2D eigenvalue weighted by atomic mass is 9.91. The highest BCUT2D eigenvalue weighted by Crippen LogP contribution is 2.38. The molecule has 1 atom stereocenters. The molecule has 230 valence electrons. The molecule has 1 aliphatic heterocycles. The molecule has 3 aromatic carbocycles. The van der Waals surface area contributed by atoms with Crippen LogP contribution in [0.1, 0.15) is 47.9 Å². The Kier molecular flexibility index (Phi) is 8.95. The average Bonchev–Trinajstić information content (AvgIpc) is 3.43. The number of fused-ring (bicyclic) bond motifs is 3. The van der Waals surface area contributed by atoms with Crippen molar-refractivity contribution in [3.63, 3.8) is 0 Å². The van der Waals surface area contributed by atoms with Crippen molar-refractivity contribution in [2.24, 2.45) is 0 Å². The van der Waals surface area contributed by atoms with Gasteiger partial charge in [0, 0.05) is 38.3 Å². The first-order valence-electron chi connectivity index (χ1n) is 15.4. The number of carboxylic acids is 1. The molecule has 6 rings (SSSR count). The van der Waals surface area contributed by atoms with Crippen molar-refractivity contribution in [1.82, 2.24) is 10.2 Å². The van der Waals surface area contributed by atoms with E-state index in [1.165, 1.54) is 11.1 Å². The van der Waals surface area contributed by atoms with Gasteiger partial charge in [-0.05, 0) is 77.6 Å². The van der Waals surface area contributed by atoms with Crippen LogP contribution in [-0.4, -0.2) is 72.9 Å². The van der Waals surface area contributed by atoms with Crippen molar-refractivity contribution in [2.75, 3.05) is 31.6 Å². The van der Waals surface area contributed by atoms with E-state index in [-0.39, 0.29) is 18.9 Å². The molecule has 1 heterocycles. The summed E-state index contributed by atoms with van der Waals surface area (Å²) in [5.74, 6) is -1.08. The number of nitrogens with zero attached hydrogens (tertiary/aromatic N) is 2. The Balaban J connectivity index is 1.01. The highest BCUT2D eigenvalue weighted by Gasteiger charge is 2.32. The van der Waals surface area contributed by atoms with Crippen molar-refractivity contribution in [3.8, 4) is 11.1 Å². The normalized spacial score (nSPS) is 20.5. The Labute approximate surface area is 257 Å². The monoisotopic (exact) mass is 597 g/mol. The lowest BCUT2D eigenvalue weighted by Gasteiger charge is -2.41. The number of carbonyl (C=O) groups is 3. The number of alkyl carbamates (subject to hydrolysis) is 1. The molecule has 1 saturated carbocycles. The maximum absolute atomic E-state index is 13.0. The fourth-order valence-electron chi connectivity index (χ4n) is 6.86. The van der Waals surface area contributed by atoms with E-state index in [0.29, 0.717) is 25.2 Å². The topological polar surface area (TPSA) is 108 Å². The van der Waals surface area contributed by atoms with Gasteiger partial charge in [-0.3, -0.25) is 9.69 Å². The molecule has 2 aliphatic carbocycles. The molecule has 0 spiro atoms. The smallest absolute Gasteiger partial charge is 0.408 e. The highest BCUT2D eigenvalue weighted by molar-refractivity contribution is 5.95. The standard InChI is InChI=1S/C35H39N3O6/c1-43-28-15-13-26(14-16-28)37-17-18-38(33(39)21-37)27-11-9-23(10-12-27)19-32(34(40)41)36-35(42)44-22-25-6-4-8-30-29-7-3-2-5-24(29)20-31(25)30/h2-12,26,28,32H,13-22H2,1H3,(H,36,42)(H,40,41)/t26?,28?,32-/m0/s1. The van der Waals surface area contributed by atoms with Gasteiger partial charge in [-0.1, -0.05) is 54.6 Å². The summed E-state index contributed by atoms with van der Waals surface area (Å²) in [4.78, 5) is 41.8. The van der Waals surface area contributed by atoms with Gasteiger partial charge in [0.2, 0.25) is 5.91 Å². The molecular weight excluding hydrogens is 558 g/mol. The molecule has 0 radical (unpaired) electrons. The largest absolute Gasteiger partial charge is 0.480 e. The summed E-state index contributed by atoms with van der Waals surface area (Å²) in [6.07, 6.45) is 4.59. The molecule has 2 N–H and O–H groups in total. The van der Waals surface area contributed by atoms with Crippen LogP contribution in [0.4, 0.5) is 10.5 Å². The van der Waals surface area contributed by atoms with Gasteiger partial charge in [0.25, 0.3) is 0 Å². The Hall–Kier alpha value is -4.21. The second kappa shape index (κ2) is 13.2. The number of piperazine rings is 1. The Morgan fingerprint density at radius 1 is 0.955 bits per heavy atom. The van der Waals surface area contributed by atoms with Gasteiger partial charge >= 0.3 is 12.1 Å². The molecule has 9 heteroatoms. The predicted molar refractivity (Wildman–Crippen MR) is 167 cm³/mol. The highest BCUT2D eigenvalue weighted by atomic mass is 16.5. The number of hydrogen-bond donors (Lipinski definition) is 2. The van der Waals surface area contributed by atoms with Crippen LogP contribution in [0.5, 0.6) is 0 Å². The first kappa shape index (κ1) is 29.8. The number of methoxy groups -OCH3 is 1. The second-order valence-electron chi connectivity index (χ2n) is 11.9. The lowest BCUT2D eigenvalue weighted by molar-refractivity contribution is -0.139. The Morgan fingerprint density at radius 2 is 1.70 bits per heavy atom. The summed E-state index contributed by atoms with van der Waals surface area (Å²) in [5, 5.41) is 12.3. The summed E-state index contributed by atoms with van der Waals surface area (Å²) < 4.78 is 11.0. The summed E-state index contributed by atoms with van der Waals surface area (Å²) in [7, 11) is 1.77. The first-order chi connectivity index (χ1) is 21.4. The Morgan fingerprint density at radius 3 is 2.43 bits per heavy atom. The number of rotatable bonds is 9. The van der Waals surface area contributed by atoms with Crippen molar-refractivity contribution < 1.29 is 29.0 Å². The van der Waals surface area contributed by atoms with Crippen LogP contribution in [0, 0.1) is 0 Å². The van der Waals surface area contributed by atoms with E-state index in [1.54, 1.807) is 12.0 Å². The van der Waals surface area contributed by atoms with E-state index in [0.717, 1.165) is 66.6 Å². The van der Waals surface area contributed by atoms with Crippen molar-refractivity contribution in [2.45, 2.75) is 63.3 Å². The van der Waals surface area contributed by atoms with Crippen molar-refractivity contribution in [1.29, 1.82) is 0 Å². The number of amides is 2. The predicted octanol–water partition coefficient (Wildman–Crippen LogP) is 4.79. The molecule has 9 nitrogen and oxygen atoms in total. The van der Waals surface area contributed by atoms with Crippen LogP contribution in [-0.2, 0) is 38.5 Å². The number of carboxylic acid groups (broad SMARTS) is 1. The maximum Gasteiger partial charge on any atom is 0.408 e. The molecule has 3 aliphatic rings. The summed E-state index contributed by atoms with van der Waals surface area (Å²) in [6.45, 7) is 1.89. The molecule has 2 fully saturated rings. The van der Waals surface area contributed by atoms with Crippen LogP contribution in [0.15, 0.2) is 66.7 Å². The zero-order valence-electron chi connectivity index (χ0n) is 25.0. The van der Waals surface area contributed by atoms with Gasteiger partial charge < -0.3 is 24.8 Å². The van der Waals surface area contributed by atoms with Gasteiger partial charge in [-0.15, -0.1) is 0 Å². The number of hydrogen-bond acceptors (Lipinski definition) is 6. The van der Waals surface area contributed by atoms with E-state index in [9.17, 15) is 19.5 Å². The minimum absolute atomic E-state index is 0.0553. The minimum atomic E-state index is -1.16. The van der Waals surface area contributed by atoms with Crippen molar-refractivity contribution >= 4 is 23.7 Å². The first-order valence-corrected chi connectivity index (χ1v) is 15.4. The number of benzene rings is 3. The van der Waals surface area contributed by atoms with E-state index in [2.05, 4.69) is 28.4 Å². The molecule has 3 aromatic rings. The quantitative estimate of drug-likeness (QED) is 0.286. The summed E-state index contributed by atoms with van der Waals surface area (Å²) in [6, 6.07) is 20.8. The summed E-state index contributed by atoms with van der Waals surface area (Å²) >= 11 is 0. The molecule has 2 amide bonds. The van der Waals surface area contributed by atoms with Crippen LogP contribution in [0.25, 0.3) is 11.1 Å². The molecule has 1 saturated heterocycles. The number of carbonyl (C=O) groups excluding carboxylic acids is 2. The third-order valence-electron chi connectivity index (χ3n) is 9.33. The second-order valence-corrected chi connectivity index (χ2v) is 11.9. The molecule has 0 unspecified atom stereocenters. The molecule has 0 bridgehead atoms. The third kappa shape index (κ3) is 6.49. The number of anilines is 1. The average molecular weight is 598 g/mol. The van der Waals surface area contributed by atoms with Gasteiger partial charge in [-0.2, -0.15) is 0 Å². The number of nitrogens with one attached hydrogen (secondary N) is 1. The van der Waals surface area contributed by atoms with Crippen LogP contribution >= 0.6 is 0 Å². The van der Waals surface area contributed by atoms with Gasteiger partial charge in [0.05, 0.1) is 12.6 Å². The Bertz CT molecular complexity index is 1520. The van der Waals surface area contributed by atoms with E-state index in [1.807, 2.05) is 48.5 Å². The molecule has 0 aromatic heterocycles.